The van der Waals surface area contributed by atoms with Crippen LogP contribution in [0, 0.1) is 24.0 Å². The average Bonchev–Trinajstić information content (AvgIpc) is 2.29. The Morgan fingerprint density at radius 2 is 1.79 bits per heavy atom. The Morgan fingerprint density at radius 1 is 1.26 bits per heavy atom. The van der Waals surface area contributed by atoms with Crippen molar-refractivity contribution < 1.29 is 50.8 Å². The van der Waals surface area contributed by atoms with Gasteiger partial charge in [0.2, 0.25) is 0 Å². The van der Waals surface area contributed by atoms with E-state index in [1.165, 1.54) is 4.90 Å². The van der Waals surface area contributed by atoms with Gasteiger partial charge in [-0.15, -0.1) is 13.1 Å². The van der Waals surface area contributed by atoms with Crippen LogP contribution in [-0.4, -0.2) is 18.0 Å². The van der Waals surface area contributed by atoms with E-state index >= 15 is 0 Å². The van der Waals surface area contributed by atoms with E-state index in [1.807, 2.05) is 0 Å². The van der Waals surface area contributed by atoms with Crippen molar-refractivity contribution in [3.05, 3.63) is 47.7 Å². The van der Waals surface area contributed by atoms with Gasteiger partial charge in [0, 0.05) is 50.5 Å². The maximum absolute atomic E-state index is 12.8. The van der Waals surface area contributed by atoms with E-state index in [4.69, 9.17) is 0 Å². The molecule has 19 heavy (non-hydrogen) atoms. The van der Waals surface area contributed by atoms with Crippen LogP contribution in [0.2, 0.25) is 0 Å². The van der Waals surface area contributed by atoms with E-state index in [2.05, 4.69) is 13.8 Å². The van der Waals surface area contributed by atoms with Gasteiger partial charge in [0.05, 0.1) is 10.5 Å². The minimum absolute atomic E-state index is 0. The van der Waals surface area contributed by atoms with Gasteiger partial charge in [-0.05, 0) is 6.07 Å². The number of nitro groups is 1. The minimum Gasteiger partial charge on any atom is -0.431 e. The molecule has 0 aromatic heterocycles. The zero-order valence-corrected chi connectivity index (χ0v) is 12.8. The molecule has 1 radical (unpaired) electrons. The molecule has 0 saturated carbocycles. The molecule has 1 rings (SSSR count). The Hall–Kier alpha value is -0.686. The topological polar surface area (TPSA) is 46.4 Å². The molecule has 0 atom stereocenters. The van der Waals surface area contributed by atoms with E-state index in [0.717, 1.165) is 12.1 Å². The third-order valence-electron chi connectivity index (χ3n) is 2.38. The number of non-ortho nitro benzene ring substituents is 1. The van der Waals surface area contributed by atoms with Crippen molar-refractivity contribution in [3.63, 3.8) is 0 Å². The Morgan fingerprint density at radius 3 is 2.16 bits per heavy atom. The van der Waals surface area contributed by atoms with Crippen molar-refractivity contribution in [1.29, 1.82) is 0 Å². The number of benzene rings is 1. The van der Waals surface area contributed by atoms with Gasteiger partial charge in [0.25, 0.3) is 5.69 Å². The van der Waals surface area contributed by atoms with E-state index in [1.54, 1.807) is 0 Å². The predicted octanol–water partition coefficient (Wildman–Crippen LogP) is 3.09. The van der Waals surface area contributed by atoms with Gasteiger partial charge >= 0.3 is 6.18 Å². The van der Waals surface area contributed by atoms with E-state index in [9.17, 15) is 23.3 Å². The van der Waals surface area contributed by atoms with Crippen LogP contribution in [0.5, 0.6) is 0 Å². The third-order valence-corrected chi connectivity index (χ3v) is 2.38. The summed E-state index contributed by atoms with van der Waals surface area (Å²) in [5.41, 5.74) is -1.80. The summed E-state index contributed by atoms with van der Waals surface area (Å²) in [6, 6.07) is 2.62. The summed E-state index contributed by atoms with van der Waals surface area (Å²) in [6.45, 7) is 7.17. The van der Waals surface area contributed by atoms with Gasteiger partial charge in [-0.2, -0.15) is 13.2 Å². The average molecular weight is 349 g/mol. The number of nitro benzene ring substituents is 1. The molecular formula is C11H11F3N2O2Y-2. The Kier molecular flexibility index (Phi) is 6.93. The van der Waals surface area contributed by atoms with Gasteiger partial charge in [0.1, 0.15) is 0 Å². The smallest absolute Gasteiger partial charge is 0.418 e. The second kappa shape index (κ2) is 7.19. The van der Waals surface area contributed by atoms with Crippen LogP contribution < -0.4 is 4.90 Å². The molecule has 0 amide bonds. The van der Waals surface area contributed by atoms with Crippen LogP contribution in [0.4, 0.5) is 24.5 Å². The number of nitrogens with zero attached hydrogens (tertiary/aromatic N) is 2. The molecule has 1 aromatic rings. The summed E-state index contributed by atoms with van der Waals surface area (Å²) in [5.74, 6) is 0. The van der Waals surface area contributed by atoms with E-state index in [0.29, 0.717) is 6.07 Å². The quantitative estimate of drug-likeness (QED) is 0.477. The zero-order chi connectivity index (χ0) is 13.9. The Balaban J connectivity index is 0.00000324. The summed E-state index contributed by atoms with van der Waals surface area (Å²) in [5, 5.41) is 10.5. The molecule has 0 spiro atoms. The monoisotopic (exact) mass is 349 g/mol. The molecule has 4 nitrogen and oxygen atoms in total. The van der Waals surface area contributed by atoms with Gasteiger partial charge < -0.3 is 18.7 Å². The van der Waals surface area contributed by atoms with Crippen molar-refractivity contribution in [1.82, 2.24) is 0 Å². The van der Waals surface area contributed by atoms with Gasteiger partial charge in [-0.1, -0.05) is 0 Å². The molecule has 103 valence electrons. The first kappa shape index (κ1) is 18.3. The predicted molar refractivity (Wildman–Crippen MR) is 61.0 cm³/mol. The molecule has 0 fully saturated rings. The maximum atomic E-state index is 12.8. The van der Waals surface area contributed by atoms with Gasteiger partial charge in [-0.3, -0.25) is 10.1 Å². The van der Waals surface area contributed by atoms with Crippen molar-refractivity contribution in [2.75, 3.05) is 18.0 Å². The molecule has 0 N–H and O–H groups in total. The normalized spacial score (nSPS) is 10.8. The molecule has 0 heterocycles. The number of rotatable bonds is 4. The third kappa shape index (κ3) is 4.42. The fourth-order valence-corrected chi connectivity index (χ4v) is 1.49. The summed E-state index contributed by atoms with van der Waals surface area (Å²) in [6.07, 6.45) is -4.66. The molecule has 0 unspecified atom stereocenters. The first-order valence-electron chi connectivity index (χ1n) is 5.00. The number of hydrogen-bond donors (Lipinski definition) is 0. The molecule has 0 aliphatic heterocycles. The van der Waals surface area contributed by atoms with Crippen LogP contribution in [0.1, 0.15) is 5.56 Å². The van der Waals surface area contributed by atoms with Crippen LogP contribution in [0.25, 0.3) is 0 Å². The van der Waals surface area contributed by atoms with Gasteiger partial charge in [0.15, 0.2) is 0 Å². The van der Waals surface area contributed by atoms with Crippen molar-refractivity contribution in [3.8, 4) is 0 Å². The van der Waals surface area contributed by atoms with Crippen molar-refractivity contribution >= 4 is 11.4 Å². The summed E-state index contributed by atoms with van der Waals surface area (Å²) in [4.78, 5) is 10.9. The molecular weight excluding hydrogens is 338 g/mol. The first-order chi connectivity index (χ1) is 8.31. The van der Waals surface area contributed by atoms with E-state index < -0.39 is 22.4 Å². The fourth-order valence-electron chi connectivity index (χ4n) is 1.49. The van der Waals surface area contributed by atoms with Crippen LogP contribution in [-0.2, 0) is 38.9 Å². The largest absolute Gasteiger partial charge is 0.431 e. The minimum atomic E-state index is -4.66. The second-order valence-electron chi connectivity index (χ2n) is 3.44. The summed E-state index contributed by atoms with van der Waals surface area (Å²) >= 11 is 0. The molecule has 0 bridgehead atoms. The van der Waals surface area contributed by atoms with Crippen LogP contribution in [0.15, 0.2) is 18.2 Å². The summed E-state index contributed by atoms with van der Waals surface area (Å²) in [7, 11) is 0. The van der Waals surface area contributed by atoms with E-state index in [-0.39, 0.29) is 51.5 Å². The van der Waals surface area contributed by atoms with Crippen LogP contribution in [0.3, 0.4) is 0 Å². The van der Waals surface area contributed by atoms with Crippen LogP contribution >= 0.6 is 0 Å². The zero-order valence-electron chi connectivity index (χ0n) is 9.98. The Labute approximate surface area is 134 Å². The molecule has 0 aliphatic carbocycles. The number of hydrogen-bond acceptors (Lipinski definition) is 3. The second-order valence-corrected chi connectivity index (χ2v) is 3.44. The number of anilines is 1. The standard InChI is InChI=1S/C11H11F3N2O2.Y/c1-3-15(4-2)10-6-5-8(16(17)18)7-9(10)11(12,13)14;/h5-7H,1-4H2;/q-2;. The number of halogens is 3. The molecule has 8 heteroatoms. The molecule has 0 aliphatic rings. The maximum Gasteiger partial charge on any atom is 0.418 e. The SMILES string of the molecule is [CH2-]CN(C[CH2-])c1ccc([N+](=O)[O-])cc1C(F)(F)F.[Y]. The van der Waals surface area contributed by atoms with Gasteiger partial charge in [-0.25, -0.2) is 0 Å². The molecule has 0 saturated heterocycles. The fraction of sp³-hybridized carbons (Fsp3) is 0.273. The number of alkyl halides is 3. The molecule has 1 aromatic carbocycles. The summed E-state index contributed by atoms with van der Waals surface area (Å²) < 4.78 is 38.5. The Bertz CT molecular complexity index is 448. The first-order valence-corrected chi connectivity index (χ1v) is 5.00. The van der Waals surface area contributed by atoms with Crippen molar-refractivity contribution in [2.24, 2.45) is 0 Å². The van der Waals surface area contributed by atoms with Crippen molar-refractivity contribution in [2.45, 2.75) is 6.18 Å².